The number of anilines is 3. The molecule has 0 aliphatic heterocycles. The summed E-state index contributed by atoms with van der Waals surface area (Å²) in [7, 11) is 0.383. The van der Waals surface area contributed by atoms with Crippen molar-refractivity contribution in [1.82, 2.24) is 19.9 Å². The molecule has 0 bridgehead atoms. The monoisotopic (exact) mass is 619 g/mol. The summed E-state index contributed by atoms with van der Waals surface area (Å²) in [4.78, 5) is 38.3. The molecule has 1 amide bonds. The highest BCUT2D eigenvalue weighted by Gasteiger charge is 2.26. The topological polar surface area (TPSA) is 167 Å². The number of benzene rings is 3. The van der Waals surface area contributed by atoms with E-state index in [-0.39, 0.29) is 29.2 Å². The van der Waals surface area contributed by atoms with Crippen molar-refractivity contribution in [1.29, 1.82) is 0 Å². The van der Waals surface area contributed by atoms with Crippen molar-refractivity contribution >= 4 is 39.9 Å². The van der Waals surface area contributed by atoms with Crippen molar-refractivity contribution in [3.8, 4) is 5.75 Å². The number of sulfonamides is 1. The molecule has 0 aliphatic carbocycles. The van der Waals surface area contributed by atoms with Crippen LogP contribution < -0.4 is 19.7 Å². The summed E-state index contributed by atoms with van der Waals surface area (Å²) in [5, 5.41) is 15.9. The third-order valence-corrected chi connectivity index (χ3v) is 8.17. The van der Waals surface area contributed by atoms with Gasteiger partial charge >= 0.3 is 12.1 Å². The number of nitrogens with zero attached hydrogens (tertiary/aromatic N) is 5. The molecule has 0 aliphatic rings. The molecule has 1 heterocycles. The first kappa shape index (κ1) is 31.7. The van der Waals surface area contributed by atoms with Crippen LogP contribution in [0.4, 0.5) is 22.6 Å². The van der Waals surface area contributed by atoms with Crippen LogP contribution in [-0.2, 0) is 27.8 Å². The predicted octanol–water partition coefficient (Wildman–Crippen LogP) is 3.79. The van der Waals surface area contributed by atoms with Crippen LogP contribution in [0.25, 0.3) is 0 Å². The highest BCUT2D eigenvalue weighted by Crippen LogP contribution is 2.22. The summed E-state index contributed by atoms with van der Waals surface area (Å²) >= 11 is 0. The third-order valence-electron chi connectivity index (χ3n) is 6.41. The molecular formula is C30H33N7O6S. The second-order valence-corrected chi connectivity index (χ2v) is 12.0. The molecule has 1 atom stereocenters. The number of nitrogens with one attached hydrogen (secondary N) is 2. The molecule has 14 heteroatoms. The summed E-state index contributed by atoms with van der Waals surface area (Å²) in [6.07, 6.45) is -0.526. The van der Waals surface area contributed by atoms with Gasteiger partial charge in [0.2, 0.25) is 17.8 Å². The van der Waals surface area contributed by atoms with E-state index in [9.17, 15) is 23.1 Å². The first-order valence-electron chi connectivity index (χ1n) is 13.5. The minimum Gasteiger partial charge on any atom is -0.480 e. The summed E-state index contributed by atoms with van der Waals surface area (Å²) in [5.41, 5.74) is 2.45. The number of amides is 1. The molecule has 4 aromatic rings. The Bertz CT molecular complexity index is 1700. The second-order valence-electron chi connectivity index (χ2n) is 10.1. The zero-order chi connectivity index (χ0) is 31.9. The van der Waals surface area contributed by atoms with Crippen LogP contribution in [0, 0.1) is 6.92 Å². The van der Waals surface area contributed by atoms with Crippen molar-refractivity contribution in [3.63, 3.8) is 0 Å². The summed E-state index contributed by atoms with van der Waals surface area (Å²) in [6, 6.07) is 21.0. The van der Waals surface area contributed by atoms with Gasteiger partial charge in [-0.2, -0.15) is 15.0 Å². The lowest BCUT2D eigenvalue weighted by Gasteiger charge is -2.20. The fourth-order valence-corrected chi connectivity index (χ4v) is 4.97. The van der Waals surface area contributed by atoms with Crippen LogP contribution in [0.1, 0.15) is 16.7 Å². The number of aryl methyl sites for hydroxylation is 1. The van der Waals surface area contributed by atoms with Gasteiger partial charge in [0, 0.05) is 34.1 Å². The van der Waals surface area contributed by atoms with E-state index in [2.05, 4.69) is 25.6 Å². The lowest BCUT2D eigenvalue weighted by Crippen LogP contribution is -2.33. The number of aromatic nitrogens is 3. The predicted molar refractivity (Wildman–Crippen MR) is 165 cm³/mol. The fraction of sp³-hybridized carbons (Fsp3) is 0.233. The molecular weight excluding hydrogens is 586 g/mol. The van der Waals surface area contributed by atoms with Gasteiger partial charge in [-0.3, -0.25) is 0 Å². The number of hydrogen-bond acceptors (Lipinski definition) is 10. The van der Waals surface area contributed by atoms with Gasteiger partial charge in [-0.1, -0.05) is 60.2 Å². The number of ether oxygens (including phenoxy) is 1. The minimum atomic E-state index is -4.05. The van der Waals surface area contributed by atoms with Gasteiger partial charge in [0.05, 0.1) is 4.90 Å². The maximum atomic E-state index is 13.4. The number of carboxylic acids is 1. The van der Waals surface area contributed by atoms with E-state index in [0.29, 0.717) is 17.9 Å². The third kappa shape index (κ3) is 8.19. The van der Waals surface area contributed by atoms with Crippen LogP contribution in [0.15, 0.2) is 83.8 Å². The number of carboxylic acid groups (broad SMARTS) is 1. The van der Waals surface area contributed by atoms with Crippen molar-refractivity contribution in [2.24, 2.45) is 0 Å². The maximum absolute atomic E-state index is 13.4. The van der Waals surface area contributed by atoms with E-state index in [1.165, 1.54) is 24.1 Å². The quantitative estimate of drug-likeness (QED) is 0.211. The Balaban J connectivity index is 1.61. The Morgan fingerprint density at radius 2 is 1.50 bits per heavy atom. The van der Waals surface area contributed by atoms with E-state index >= 15 is 0 Å². The molecule has 13 nitrogen and oxygen atoms in total. The molecule has 230 valence electrons. The van der Waals surface area contributed by atoms with Crippen molar-refractivity contribution in [3.05, 3.63) is 95.6 Å². The normalized spacial score (nSPS) is 11.7. The van der Waals surface area contributed by atoms with E-state index in [4.69, 9.17) is 4.74 Å². The lowest BCUT2D eigenvalue weighted by molar-refractivity contribution is -0.137. The molecule has 3 aromatic carbocycles. The molecule has 1 aromatic heterocycles. The highest BCUT2D eigenvalue weighted by molar-refractivity contribution is 7.92. The highest BCUT2D eigenvalue weighted by atomic mass is 32.2. The Kier molecular flexibility index (Phi) is 9.95. The van der Waals surface area contributed by atoms with Gasteiger partial charge < -0.3 is 25.4 Å². The van der Waals surface area contributed by atoms with Crippen LogP contribution >= 0.6 is 0 Å². The smallest absolute Gasteiger partial charge is 0.414 e. The van der Waals surface area contributed by atoms with Crippen molar-refractivity contribution < 1.29 is 27.9 Å². The Morgan fingerprint density at radius 3 is 2.11 bits per heavy atom. The Labute approximate surface area is 255 Å². The van der Waals surface area contributed by atoms with E-state index < -0.39 is 28.1 Å². The van der Waals surface area contributed by atoms with Crippen molar-refractivity contribution in [2.45, 2.75) is 30.8 Å². The average Bonchev–Trinajstić information content (AvgIpc) is 3.00. The molecule has 0 saturated heterocycles. The summed E-state index contributed by atoms with van der Waals surface area (Å²) < 4.78 is 32.9. The Morgan fingerprint density at radius 1 is 0.864 bits per heavy atom. The van der Waals surface area contributed by atoms with Crippen LogP contribution in [0.2, 0.25) is 0 Å². The van der Waals surface area contributed by atoms with Gasteiger partial charge in [-0.05, 0) is 42.3 Å². The first-order chi connectivity index (χ1) is 20.9. The second kappa shape index (κ2) is 13.8. The summed E-state index contributed by atoms with van der Waals surface area (Å²) in [6.45, 7) is 2.17. The zero-order valence-corrected chi connectivity index (χ0v) is 25.4. The molecule has 0 spiro atoms. The lowest BCUT2D eigenvalue weighted by atomic mass is 10.1. The molecule has 4 rings (SSSR count). The van der Waals surface area contributed by atoms with Crippen LogP contribution in [0.5, 0.6) is 5.75 Å². The molecule has 0 saturated carbocycles. The maximum Gasteiger partial charge on any atom is 0.414 e. The average molecular weight is 620 g/mol. The molecule has 0 unspecified atom stereocenters. The largest absolute Gasteiger partial charge is 0.480 e. The zero-order valence-electron chi connectivity index (χ0n) is 24.6. The number of carbonyl (C=O) groups excluding carboxylic acids is 1. The standard InChI is InChI=1S/C30H33N7O6S/c1-20-10-16-24(17-11-20)44(41,42)37(4)29-34-27(31-19-22-8-6-5-7-9-22)33-28(35-29)32-25(26(38)39)18-21-12-14-23(15-13-21)43-30(40)36(2)3/h5-17,25H,18-19H2,1-4H3,(H,38,39)(H2,31,32,33,34,35)/t25-/m0/s1. The number of hydrogen-bond donors (Lipinski definition) is 3. The van der Waals surface area contributed by atoms with Crippen LogP contribution in [0.3, 0.4) is 0 Å². The molecule has 0 fully saturated rings. The van der Waals surface area contributed by atoms with Crippen molar-refractivity contribution in [2.75, 3.05) is 36.1 Å². The van der Waals surface area contributed by atoms with E-state index in [0.717, 1.165) is 15.4 Å². The van der Waals surface area contributed by atoms with Gasteiger partial charge in [0.1, 0.15) is 11.8 Å². The van der Waals surface area contributed by atoms with Gasteiger partial charge in [0.15, 0.2) is 0 Å². The fourth-order valence-electron chi connectivity index (χ4n) is 3.88. The Hall–Kier alpha value is -5.24. The van der Waals surface area contributed by atoms with Crippen LogP contribution in [-0.4, -0.2) is 72.6 Å². The molecule has 44 heavy (non-hydrogen) atoms. The van der Waals surface area contributed by atoms with Gasteiger partial charge in [-0.25, -0.2) is 22.3 Å². The summed E-state index contributed by atoms with van der Waals surface area (Å²) in [5.74, 6) is -1.19. The first-order valence-corrected chi connectivity index (χ1v) is 14.9. The molecule has 0 radical (unpaired) electrons. The number of aliphatic carboxylic acids is 1. The SMILES string of the molecule is Cc1ccc(S(=O)(=O)N(C)c2nc(NCc3ccccc3)nc(N[C@@H](Cc3ccc(OC(=O)N(C)C)cc3)C(=O)O)n2)cc1. The minimum absolute atomic E-state index is 0.0164. The van der Waals surface area contributed by atoms with E-state index in [1.807, 2.05) is 37.3 Å². The van der Waals surface area contributed by atoms with Gasteiger partial charge in [-0.15, -0.1) is 0 Å². The molecule has 3 N–H and O–H groups in total. The van der Waals surface area contributed by atoms with Gasteiger partial charge in [0.25, 0.3) is 10.0 Å². The number of carbonyl (C=O) groups is 2. The number of rotatable bonds is 12. The van der Waals surface area contributed by atoms with E-state index in [1.54, 1.807) is 50.5 Å².